The predicted octanol–water partition coefficient (Wildman–Crippen LogP) is 2.25. The maximum Gasteiger partial charge on any atom is 0.317 e. The van der Waals surface area contributed by atoms with Gasteiger partial charge in [-0.2, -0.15) is 0 Å². The molecule has 0 saturated carbocycles. The second-order valence-electron chi connectivity index (χ2n) is 4.61. The number of hydrogen-bond acceptors (Lipinski definition) is 2. The number of nitrogens with zero attached hydrogens (tertiary/aromatic N) is 1. The second-order valence-corrected chi connectivity index (χ2v) is 5.52. The largest absolute Gasteiger partial charge is 0.394 e. The molecular formula is C13H16BrFN2O2. The van der Waals surface area contributed by atoms with Gasteiger partial charge in [-0.3, -0.25) is 0 Å². The van der Waals surface area contributed by atoms with Gasteiger partial charge in [0, 0.05) is 17.6 Å². The summed E-state index contributed by atoms with van der Waals surface area (Å²) < 4.78 is 13.8. The number of aliphatic hydroxyl groups excluding tert-OH is 1. The highest BCUT2D eigenvalue weighted by Gasteiger charge is 2.27. The van der Waals surface area contributed by atoms with E-state index in [9.17, 15) is 9.18 Å². The molecule has 1 atom stereocenters. The normalized spacial score (nSPS) is 18.7. The zero-order chi connectivity index (χ0) is 13.8. The Labute approximate surface area is 119 Å². The van der Waals surface area contributed by atoms with E-state index >= 15 is 0 Å². The average molecular weight is 331 g/mol. The number of rotatable bonds is 3. The highest BCUT2D eigenvalue weighted by molar-refractivity contribution is 9.10. The highest BCUT2D eigenvalue weighted by Crippen LogP contribution is 2.17. The molecule has 0 aromatic heterocycles. The molecular weight excluding hydrogens is 315 g/mol. The van der Waals surface area contributed by atoms with Crippen molar-refractivity contribution in [2.45, 2.75) is 25.4 Å². The number of nitrogens with one attached hydrogen (secondary N) is 1. The SMILES string of the molecule is O=C(NCc1cc(F)cc(Br)c1)N1CCCC1CO. The number of benzene rings is 1. The van der Waals surface area contributed by atoms with Crippen LogP contribution in [0.4, 0.5) is 9.18 Å². The summed E-state index contributed by atoms with van der Waals surface area (Å²) in [7, 11) is 0. The number of halogens is 2. The van der Waals surface area contributed by atoms with Crippen LogP contribution in [0.15, 0.2) is 22.7 Å². The van der Waals surface area contributed by atoms with Crippen molar-refractivity contribution in [1.29, 1.82) is 0 Å². The van der Waals surface area contributed by atoms with Crippen LogP contribution in [0.5, 0.6) is 0 Å². The summed E-state index contributed by atoms with van der Waals surface area (Å²) in [6.45, 7) is 0.909. The van der Waals surface area contributed by atoms with E-state index in [1.54, 1.807) is 11.0 Å². The van der Waals surface area contributed by atoms with E-state index in [4.69, 9.17) is 5.11 Å². The summed E-state index contributed by atoms with van der Waals surface area (Å²) >= 11 is 3.21. The molecule has 1 heterocycles. The van der Waals surface area contributed by atoms with Gasteiger partial charge in [-0.1, -0.05) is 15.9 Å². The Bertz CT molecular complexity index is 450. The maximum absolute atomic E-state index is 13.2. The van der Waals surface area contributed by atoms with Crippen LogP contribution in [0.3, 0.4) is 0 Å². The van der Waals surface area contributed by atoms with Gasteiger partial charge in [0.25, 0.3) is 0 Å². The number of carbonyl (C=O) groups excluding carboxylic acids is 1. The average Bonchev–Trinajstić information content (AvgIpc) is 2.83. The summed E-state index contributed by atoms with van der Waals surface area (Å²) in [6.07, 6.45) is 1.74. The van der Waals surface area contributed by atoms with Crippen molar-refractivity contribution < 1.29 is 14.3 Å². The number of likely N-dealkylation sites (tertiary alicyclic amines) is 1. The van der Waals surface area contributed by atoms with Crippen LogP contribution in [0.1, 0.15) is 18.4 Å². The van der Waals surface area contributed by atoms with Gasteiger partial charge in [0.1, 0.15) is 5.82 Å². The molecule has 6 heteroatoms. The van der Waals surface area contributed by atoms with Crippen LogP contribution < -0.4 is 5.32 Å². The Morgan fingerprint density at radius 3 is 3.00 bits per heavy atom. The molecule has 0 bridgehead atoms. The smallest absolute Gasteiger partial charge is 0.317 e. The van der Waals surface area contributed by atoms with Gasteiger partial charge < -0.3 is 15.3 Å². The van der Waals surface area contributed by atoms with Crippen molar-refractivity contribution in [2.75, 3.05) is 13.2 Å². The molecule has 1 aromatic carbocycles. The third-order valence-electron chi connectivity index (χ3n) is 3.21. The number of aliphatic hydroxyl groups is 1. The van der Waals surface area contributed by atoms with Crippen LogP contribution in [-0.2, 0) is 6.54 Å². The number of urea groups is 1. The first-order valence-corrected chi connectivity index (χ1v) is 7.00. The number of hydrogen-bond donors (Lipinski definition) is 2. The first-order chi connectivity index (χ1) is 9.10. The lowest BCUT2D eigenvalue weighted by molar-refractivity contribution is 0.157. The third-order valence-corrected chi connectivity index (χ3v) is 3.67. The first-order valence-electron chi connectivity index (χ1n) is 6.20. The first kappa shape index (κ1) is 14.3. The summed E-state index contributed by atoms with van der Waals surface area (Å²) in [4.78, 5) is 13.6. The molecule has 0 aliphatic carbocycles. The van der Waals surface area contributed by atoms with Crippen LogP contribution in [-0.4, -0.2) is 35.2 Å². The zero-order valence-electron chi connectivity index (χ0n) is 10.4. The number of carbonyl (C=O) groups is 1. The Morgan fingerprint density at radius 1 is 1.53 bits per heavy atom. The molecule has 1 unspecified atom stereocenters. The molecule has 1 aliphatic rings. The van der Waals surface area contributed by atoms with Crippen LogP contribution in [0.2, 0.25) is 0 Å². The van der Waals surface area contributed by atoms with Gasteiger partial charge in [0.2, 0.25) is 0 Å². The Hall–Kier alpha value is -1.14. The molecule has 1 saturated heterocycles. The molecule has 19 heavy (non-hydrogen) atoms. The van der Waals surface area contributed by atoms with E-state index in [1.807, 2.05) is 0 Å². The Kier molecular flexibility index (Phi) is 4.76. The quantitative estimate of drug-likeness (QED) is 0.893. The zero-order valence-corrected chi connectivity index (χ0v) is 12.0. The van der Waals surface area contributed by atoms with E-state index < -0.39 is 0 Å². The summed E-state index contributed by atoms with van der Waals surface area (Å²) in [6, 6.07) is 4.21. The van der Waals surface area contributed by atoms with Crippen LogP contribution in [0.25, 0.3) is 0 Å². The van der Waals surface area contributed by atoms with Gasteiger partial charge in [0.05, 0.1) is 12.6 Å². The van der Waals surface area contributed by atoms with Crippen LogP contribution in [0, 0.1) is 5.82 Å². The summed E-state index contributed by atoms with van der Waals surface area (Å²) in [5, 5.41) is 11.9. The molecule has 2 amide bonds. The molecule has 4 nitrogen and oxygen atoms in total. The maximum atomic E-state index is 13.2. The predicted molar refractivity (Wildman–Crippen MR) is 73.1 cm³/mol. The van der Waals surface area contributed by atoms with Crippen molar-refractivity contribution in [3.63, 3.8) is 0 Å². The van der Waals surface area contributed by atoms with Gasteiger partial charge in [-0.15, -0.1) is 0 Å². The van der Waals surface area contributed by atoms with E-state index in [-0.39, 0.29) is 31.0 Å². The lowest BCUT2D eigenvalue weighted by atomic mass is 10.2. The van der Waals surface area contributed by atoms with Crippen molar-refractivity contribution >= 4 is 22.0 Å². The lowest BCUT2D eigenvalue weighted by Crippen LogP contribution is -2.43. The molecule has 2 rings (SSSR count). The minimum atomic E-state index is -0.340. The third kappa shape index (κ3) is 3.67. The van der Waals surface area contributed by atoms with E-state index in [0.29, 0.717) is 16.6 Å². The molecule has 1 aromatic rings. The Morgan fingerprint density at radius 2 is 2.32 bits per heavy atom. The monoisotopic (exact) mass is 330 g/mol. The second kappa shape index (κ2) is 6.34. The molecule has 0 radical (unpaired) electrons. The molecule has 2 N–H and O–H groups in total. The van der Waals surface area contributed by atoms with Crippen LogP contribution >= 0.6 is 15.9 Å². The Balaban J connectivity index is 1.93. The minimum Gasteiger partial charge on any atom is -0.394 e. The fourth-order valence-electron chi connectivity index (χ4n) is 2.29. The van der Waals surface area contributed by atoms with Gasteiger partial charge in [0.15, 0.2) is 0 Å². The summed E-state index contributed by atoms with van der Waals surface area (Å²) in [5.74, 6) is -0.340. The minimum absolute atomic E-state index is 0.0149. The standard InChI is InChI=1S/C13H16BrFN2O2/c14-10-4-9(5-11(15)6-10)7-16-13(19)17-3-1-2-12(17)8-18/h4-6,12,18H,1-3,7-8H2,(H,16,19). The van der Waals surface area contributed by atoms with Crippen molar-refractivity contribution in [3.8, 4) is 0 Å². The summed E-state index contributed by atoms with van der Waals surface area (Å²) in [5.41, 5.74) is 0.694. The highest BCUT2D eigenvalue weighted by atomic mass is 79.9. The van der Waals surface area contributed by atoms with Gasteiger partial charge in [-0.25, -0.2) is 9.18 Å². The molecule has 0 spiro atoms. The van der Waals surface area contributed by atoms with Crippen molar-refractivity contribution in [1.82, 2.24) is 10.2 Å². The van der Waals surface area contributed by atoms with E-state index in [2.05, 4.69) is 21.2 Å². The van der Waals surface area contributed by atoms with Crippen molar-refractivity contribution in [2.24, 2.45) is 0 Å². The van der Waals surface area contributed by atoms with E-state index in [1.165, 1.54) is 12.1 Å². The fraction of sp³-hybridized carbons (Fsp3) is 0.462. The fourth-order valence-corrected chi connectivity index (χ4v) is 2.80. The van der Waals surface area contributed by atoms with Gasteiger partial charge in [-0.05, 0) is 36.6 Å². The molecule has 1 fully saturated rings. The number of amides is 2. The van der Waals surface area contributed by atoms with Gasteiger partial charge >= 0.3 is 6.03 Å². The molecule has 104 valence electrons. The lowest BCUT2D eigenvalue weighted by Gasteiger charge is -2.23. The van der Waals surface area contributed by atoms with Crippen molar-refractivity contribution in [3.05, 3.63) is 34.1 Å². The molecule has 1 aliphatic heterocycles. The topological polar surface area (TPSA) is 52.6 Å². The van der Waals surface area contributed by atoms with E-state index in [0.717, 1.165) is 12.8 Å².